The standard InChI is InChI=1S/C28H39N5O4S/c1-17-14-21-22(15-20(17)31(7)18-8-10-32(11-9-18)26(35)37-27(2,3)4)36-13-12-33(21)25-29-19-16-28(5,6)30-24(34)23(19)38-25/h14-15,18H,8-13,16H2,1-7H3,(H,30,34). The van der Waals surface area contributed by atoms with Crippen LogP contribution in [-0.2, 0) is 11.2 Å². The highest BCUT2D eigenvalue weighted by Gasteiger charge is 2.35. The van der Waals surface area contributed by atoms with Crippen molar-refractivity contribution >= 4 is 39.8 Å². The zero-order chi connectivity index (χ0) is 27.4. The molecule has 1 saturated heterocycles. The van der Waals surface area contributed by atoms with Gasteiger partial charge >= 0.3 is 6.09 Å². The molecule has 38 heavy (non-hydrogen) atoms. The van der Waals surface area contributed by atoms with Crippen molar-refractivity contribution in [3.63, 3.8) is 0 Å². The number of likely N-dealkylation sites (tertiary alicyclic amines) is 1. The molecule has 0 aliphatic carbocycles. The maximum atomic E-state index is 12.7. The number of nitrogens with one attached hydrogen (secondary N) is 1. The Balaban J connectivity index is 1.33. The largest absolute Gasteiger partial charge is 0.489 e. The van der Waals surface area contributed by atoms with Crippen molar-refractivity contribution in [2.75, 3.05) is 43.1 Å². The van der Waals surface area contributed by atoms with Gasteiger partial charge in [0.2, 0.25) is 0 Å². The minimum atomic E-state index is -0.486. The van der Waals surface area contributed by atoms with E-state index >= 15 is 0 Å². The molecule has 0 saturated carbocycles. The summed E-state index contributed by atoms with van der Waals surface area (Å²) in [5.74, 6) is 0.784. The number of rotatable bonds is 3. The highest BCUT2D eigenvalue weighted by Crippen LogP contribution is 2.44. The molecule has 9 nitrogen and oxygen atoms in total. The Morgan fingerprint density at radius 3 is 2.63 bits per heavy atom. The first-order chi connectivity index (χ1) is 17.8. The Kier molecular flexibility index (Phi) is 6.74. The van der Waals surface area contributed by atoms with Crippen LogP contribution in [0.5, 0.6) is 5.75 Å². The molecule has 1 fully saturated rings. The molecule has 2 amide bonds. The van der Waals surface area contributed by atoms with Gasteiger partial charge in [-0.25, -0.2) is 9.78 Å². The number of aryl methyl sites for hydroxylation is 1. The van der Waals surface area contributed by atoms with Gasteiger partial charge in [-0.1, -0.05) is 11.3 Å². The summed E-state index contributed by atoms with van der Waals surface area (Å²) in [6, 6.07) is 4.61. The monoisotopic (exact) mass is 541 g/mol. The lowest BCUT2D eigenvalue weighted by molar-refractivity contribution is 0.0205. The summed E-state index contributed by atoms with van der Waals surface area (Å²) in [5, 5.41) is 3.92. The number of hydrogen-bond acceptors (Lipinski definition) is 8. The molecule has 3 aliphatic heterocycles. The van der Waals surface area contributed by atoms with E-state index in [2.05, 4.69) is 41.2 Å². The Bertz CT molecular complexity index is 1240. The molecular weight excluding hydrogens is 502 g/mol. The first kappa shape index (κ1) is 26.6. The number of thiazole rings is 1. The molecular formula is C28H39N5O4S. The Morgan fingerprint density at radius 2 is 1.95 bits per heavy atom. The van der Waals surface area contributed by atoms with E-state index in [9.17, 15) is 9.59 Å². The van der Waals surface area contributed by atoms with Crippen molar-refractivity contribution in [3.05, 3.63) is 28.3 Å². The number of carbonyl (C=O) groups excluding carboxylic acids is 2. The third-order valence-electron chi connectivity index (χ3n) is 7.37. The zero-order valence-corrected chi connectivity index (χ0v) is 24.3. The van der Waals surface area contributed by atoms with Gasteiger partial charge in [0.05, 0.1) is 17.9 Å². The van der Waals surface area contributed by atoms with Crippen molar-refractivity contribution in [1.29, 1.82) is 0 Å². The van der Waals surface area contributed by atoms with Crippen LogP contribution in [0.4, 0.5) is 21.3 Å². The molecule has 0 atom stereocenters. The third-order valence-corrected chi connectivity index (χ3v) is 8.49. The predicted molar refractivity (Wildman–Crippen MR) is 150 cm³/mol. The predicted octanol–water partition coefficient (Wildman–Crippen LogP) is 4.88. The molecule has 0 spiro atoms. The van der Waals surface area contributed by atoms with E-state index in [0.29, 0.717) is 37.2 Å². The van der Waals surface area contributed by atoms with E-state index in [0.717, 1.165) is 52.8 Å². The number of anilines is 3. The van der Waals surface area contributed by atoms with Crippen molar-refractivity contribution in [1.82, 2.24) is 15.2 Å². The fraction of sp³-hybridized carbons (Fsp3) is 0.607. The lowest BCUT2D eigenvalue weighted by Crippen LogP contribution is -2.48. The first-order valence-corrected chi connectivity index (χ1v) is 14.2. The molecule has 0 unspecified atom stereocenters. The Morgan fingerprint density at radius 1 is 1.24 bits per heavy atom. The van der Waals surface area contributed by atoms with Crippen LogP contribution < -0.4 is 19.9 Å². The molecule has 206 valence electrons. The second-order valence-corrected chi connectivity index (χ2v) is 13.2. The lowest BCUT2D eigenvalue weighted by atomic mass is 9.94. The van der Waals surface area contributed by atoms with Gasteiger partial charge in [0.15, 0.2) is 5.13 Å². The third kappa shape index (κ3) is 5.28. The number of piperidine rings is 1. The zero-order valence-electron chi connectivity index (χ0n) is 23.5. The summed E-state index contributed by atoms with van der Waals surface area (Å²) in [6.45, 7) is 14.5. The van der Waals surface area contributed by atoms with Crippen LogP contribution in [0.25, 0.3) is 0 Å². The van der Waals surface area contributed by atoms with Crippen LogP contribution in [0.15, 0.2) is 12.1 Å². The maximum Gasteiger partial charge on any atom is 0.410 e. The number of nitrogens with zero attached hydrogens (tertiary/aromatic N) is 4. The van der Waals surface area contributed by atoms with Crippen molar-refractivity contribution in [2.24, 2.45) is 0 Å². The second kappa shape index (κ2) is 9.63. The van der Waals surface area contributed by atoms with E-state index in [1.54, 1.807) is 0 Å². The van der Waals surface area contributed by atoms with Gasteiger partial charge in [0.25, 0.3) is 5.91 Å². The van der Waals surface area contributed by atoms with Crippen molar-refractivity contribution in [2.45, 2.75) is 78.0 Å². The molecule has 3 aliphatic rings. The average molecular weight is 542 g/mol. The number of ether oxygens (including phenoxy) is 2. The van der Waals surface area contributed by atoms with Gasteiger partial charge < -0.3 is 29.5 Å². The maximum absolute atomic E-state index is 12.7. The number of fused-ring (bicyclic) bond motifs is 2. The van der Waals surface area contributed by atoms with Gasteiger partial charge in [-0.2, -0.15) is 0 Å². The van der Waals surface area contributed by atoms with Crippen LogP contribution in [0.2, 0.25) is 0 Å². The van der Waals surface area contributed by atoms with Crippen LogP contribution >= 0.6 is 11.3 Å². The summed E-state index contributed by atoms with van der Waals surface area (Å²) >= 11 is 1.45. The SMILES string of the molecule is Cc1cc2c(cc1N(C)C1CCN(C(=O)OC(C)(C)C)CC1)OCCN2c1nc2c(s1)C(=O)NC(C)(C)C2. The van der Waals surface area contributed by atoms with E-state index in [1.807, 2.05) is 39.5 Å². The van der Waals surface area contributed by atoms with Gasteiger partial charge in [-0.05, 0) is 66.0 Å². The van der Waals surface area contributed by atoms with Crippen molar-refractivity contribution < 1.29 is 19.1 Å². The average Bonchev–Trinajstić information content (AvgIpc) is 3.25. The summed E-state index contributed by atoms with van der Waals surface area (Å²) < 4.78 is 11.7. The number of benzene rings is 1. The molecule has 1 aromatic heterocycles. The van der Waals surface area contributed by atoms with Crippen molar-refractivity contribution in [3.8, 4) is 5.75 Å². The fourth-order valence-electron chi connectivity index (χ4n) is 5.47. The smallest absolute Gasteiger partial charge is 0.410 e. The minimum Gasteiger partial charge on any atom is -0.489 e. The molecule has 5 rings (SSSR count). The highest BCUT2D eigenvalue weighted by atomic mass is 32.1. The summed E-state index contributed by atoms with van der Waals surface area (Å²) in [7, 11) is 2.12. The number of amides is 2. The van der Waals surface area contributed by atoms with Crippen LogP contribution in [0.3, 0.4) is 0 Å². The molecule has 1 aromatic carbocycles. The minimum absolute atomic E-state index is 0.0423. The second-order valence-electron chi connectivity index (χ2n) is 12.2. The van der Waals surface area contributed by atoms with Gasteiger partial charge in [-0.3, -0.25) is 4.79 Å². The topological polar surface area (TPSA) is 87.2 Å². The number of hydrogen-bond donors (Lipinski definition) is 1. The van der Waals surface area contributed by atoms with Gasteiger partial charge in [0.1, 0.15) is 22.8 Å². The van der Waals surface area contributed by atoms with E-state index < -0.39 is 5.60 Å². The Labute approximate surface area is 229 Å². The van der Waals surface area contributed by atoms with Crippen LogP contribution in [0.1, 0.15) is 68.4 Å². The molecule has 4 heterocycles. The molecule has 10 heteroatoms. The summed E-state index contributed by atoms with van der Waals surface area (Å²) in [5.41, 5.74) is 3.35. The van der Waals surface area contributed by atoms with Gasteiger partial charge in [-0.15, -0.1) is 0 Å². The molecule has 0 bridgehead atoms. The van der Waals surface area contributed by atoms with E-state index in [4.69, 9.17) is 14.5 Å². The van der Waals surface area contributed by atoms with Crippen LogP contribution in [-0.4, -0.2) is 72.4 Å². The summed E-state index contributed by atoms with van der Waals surface area (Å²) in [6.07, 6.45) is 2.24. The van der Waals surface area contributed by atoms with Gasteiger partial charge in [0, 0.05) is 49.9 Å². The lowest BCUT2D eigenvalue weighted by Gasteiger charge is -2.39. The number of aromatic nitrogens is 1. The quantitative estimate of drug-likeness (QED) is 0.593. The molecule has 2 aromatic rings. The highest BCUT2D eigenvalue weighted by molar-refractivity contribution is 7.17. The van der Waals surface area contributed by atoms with E-state index in [-0.39, 0.29) is 17.5 Å². The molecule has 1 N–H and O–H groups in total. The van der Waals surface area contributed by atoms with E-state index in [1.165, 1.54) is 11.3 Å². The fourth-order valence-corrected chi connectivity index (χ4v) is 6.49. The summed E-state index contributed by atoms with van der Waals surface area (Å²) in [4.78, 5) is 37.1. The normalized spacial score (nSPS) is 19.3. The molecule has 0 radical (unpaired) electrons. The van der Waals surface area contributed by atoms with Crippen LogP contribution in [0, 0.1) is 6.92 Å². The number of carbonyl (C=O) groups is 2. The first-order valence-electron chi connectivity index (χ1n) is 13.4. The Hall–Kier alpha value is -3.01.